The molecule has 0 bridgehead atoms. The van der Waals surface area contributed by atoms with E-state index >= 15 is 0 Å². The fourth-order valence-corrected chi connectivity index (χ4v) is 2.97. The highest BCUT2D eigenvalue weighted by atomic mass is 19.4. The van der Waals surface area contributed by atoms with E-state index in [1.807, 2.05) is 0 Å². The number of nitrogens with zero attached hydrogens (tertiary/aromatic N) is 1. The zero-order chi connectivity index (χ0) is 18.4. The Kier molecular flexibility index (Phi) is 6.27. The number of carboxylic acid groups (broad SMARTS) is 1. The van der Waals surface area contributed by atoms with Crippen LogP contribution in [0, 0.1) is 0 Å². The van der Waals surface area contributed by atoms with Gasteiger partial charge in [0.1, 0.15) is 5.75 Å². The highest BCUT2D eigenvalue weighted by Gasteiger charge is 2.34. The number of carbonyl (C=O) groups excluding carboxylic acids is 1. The van der Waals surface area contributed by atoms with Gasteiger partial charge in [0.2, 0.25) is 0 Å². The van der Waals surface area contributed by atoms with Gasteiger partial charge in [-0.2, -0.15) is 13.2 Å². The summed E-state index contributed by atoms with van der Waals surface area (Å²) in [5.41, 5.74) is -0.927. The van der Waals surface area contributed by atoms with Crippen LogP contribution in [0.1, 0.15) is 37.7 Å². The van der Waals surface area contributed by atoms with Gasteiger partial charge in [0.05, 0.1) is 5.56 Å². The van der Waals surface area contributed by atoms with Crippen LogP contribution in [0.3, 0.4) is 0 Å². The van der Waals surface area contributed by atoms with E-state index in [1.165, 1.54) is 23.1 Å². The van der Waals surface area contributed by atoms with E-state index in [0.717, 1.165) is 18.9 Å². The molecule has 1 aliphatic heterocycles. The molecule has 0 radical (unpaired) electrons. The molecular formula is C17H20F3NO4. The molecule has 1 atom stereocenters. The number of carboxylic acids is 1. The average Bonchev–Trinajstić information content (AvgIpc) is 2.57. The van der Waals surface area contributed by atoms with Crippen LogP contribution in [0.4, 0.5) is 13.2 Å². The normalized spacial score (nSPS) is 18.0. The van der Waals surface area contributed by atoms with Gasteiger partial charge in [-0.25, -0.2) is 0 Å². The number of amides is 1. The number of hydrogen-bond donors (Lipinski definition) is 1. The second kappa shape index (κ2) is 8.22. The highest BCUT2D eigenvalue weighted by Crippen LogP contribution is 2.35. The van der Waals surface area contributed by atoms with E-state index in [9.17, 15) is 22.8 Å². The molecule has 0 saturated carbocycles. The van der Waals surface area contributed by atoms with Gasteiger partial charge in [0.15, 0.2) is 6.61 Å². The molecule has 0 spiro atoms. The van der Waals surface area contributed by atoms with Gasteiger partial charge in [0.25, 0.3) is 5.91 Å². The molecular weight excluding hydrogens is 339 g/mol. The first-order valence-corrected chi connectivity index (χ1v) is 8.09. The number of benzene rings is 1. The predicted octanol–water partition coefficient (Wildman–Crippen LogP) is 3.33. The van der Waals surface area contributed by atoms with Crippen molar-refractivity contribution in [1.29, 1.82) is 0 Å². The average molecular weight is 359 g/mol. The minimum Gasteiger partial charge on any atom is -0.483 e. The molecule has 0 aliphatic carbocycles. The van der Waals surface area contributed by atoms with E-state index in [2.05, 4.69) is 0 Å². The van der Waals surface area contributed by atoms with E-state index in [0.29, 0.717) is 19.4 Å². The summed E-state index contributed by atoms with van der Waals surface area (Å²) in [6.45, 7) is -0.0376. The zero-order valence-corrected chi connectivity index (χ0v) is 13.6. The minimum absolute atomic E-state index is 0.0494. The Morgan fingerprint density at radius 2 is 1.96 bits per heavy atom. The summed E-state index contributed by atoms with van der Waals surface area (Å²) in [7, 11) is 0. The molecule has 1 heterocycles. The third kappa shape index (κ3) is 5.37. The van der Waals surface area contributed by atoms with Crippen molar-refractivity contribution in [2.75, 3.05) is 13.2 Å². The number of para-hydroxylation sites is 1. The Balaban J connectivity index is 2.00. The quantitative estimate of drug-likeness (QED) is 0.846. The highest BCUT2D eigenvalue weighted by molar-refractivity contribution is 5.78. The second-order valence-electron chi connectivity index (χ2n) is 5.95. The van der Waals surface area contributed by atoms with Crippen LogP contribution in [0.2, 0.25) is 0 Å². The molecule has 1 amide bonds. The Bertz CT molecular complexity index is 618. The molecule has 8 heteroatoms. The van der Waals surface area contributed by atoms with E-state index in [-0.39, 0.29) is 18.2 Å². The van der Waals surface area contributed by atoms with Gasteiger partial charge in [-0.1, -0.05) is 12.1 Å². The van der Waals surface area contributed by atoms with Gasteiger partial charge in [-0.05, 0) is 37.8 Å². The Labute approximate surface area is 143 Å². The molecule has 138 valence electrons. The fraction of sp³-hybridized carbons (Fsp3) is 0.529. The summed E-state index contributed by atoms with van der Waals surface area (Å²) in [6.07, 6.45) is -1.90. The van der Waals surface area contributed by atoms with Crippen molar-refractivity contribution >= 4 is 11.9 Å². The van der Waals surface area contributed by atoms with Crippen LogP contribution in [0.15, 0.2) is 24.3 Å². The Morgan fingerprint density at radius 1 is 1.24 bits per heavy atom. The Hall–Kier alpha value is -2.25. The molecule has 1 aromatic carbocycles. The fourth-order valence-electron chi connectivity index (χ4n) is 2.97. The van der Waals surface area contributed by atoms with Crippen molar-refractivity contribution in [1.82, 2.24) is 4.90 Å². The lowest BCUT2D eigenvalue weighted by Crippen LogP contribution is -2.46. The van der Waals surface area contributed by atoms with Crippen LogP contribution in [0.5, 0.6) is 5.75 Å². The van der Waals surface area contributed by atoms with E-state index in [1.54, 1.807) is 0 Å². The predicted molar refractivity (Wildman–Crippen MR) is 83.2 cm³/mol. The maximum Gasteiger partial charge on any atom is 0.419 e. The molecule has 1 aromatic rings. The smallest absolute Gasteiger partial charge is 0.419 e. The van der Waals surface area contributed by atoms with E-state index < -0.39 is 30.2 Å². The minimum atomic E-state index is -4.56. The molecule has 0 aromatic heterocycles. The number of piperidine rings is 1. The third-order valence-electron chi connectivity index (χ3n) is 4.18. The zero-order valence-electron chi connectivity index (χ0n) is 13.6. The number of carbonyl (C=O) groups is 2. The van der Waals surface area contributed by atoms with Crippen molar-refractivity contribution in [3.63, 3.8) is 0 Å². The number of ether oxygens (including phenoxy) is 1. The molecule has 1 unspecified atom stereocenters. The van der Waals surface area contributed by atoms with E-state index in [4.69, 9.17) is 9.84 Å². The summed E-state index contributed by atoms with van der Waals surface area (Å²) in [5, 5.41) is 8.79. The summed E-state index contributed by atoms with van der Waals surface area (Å²) in [4.78, 5) is 24.6. The lowest BCUT2D eigenvalue weighted by atomic mass is 9.98. The number of aliphatic carboxylic acids is 1. The molecule has 1 fully saturated rings. The van der Waals surface area contributed by atoms with Crippen LogP contribution in [0.25, 0.3) is 0 Å². The lowest BCUT2D eigenvalue weighted by molar-refractivity contribution is -0.142. The largest absolute Gasteiger partial charge is 0.483 e. The number of halogens is 3. The molecule has 5 nitrogen and oxygen atoms in total. The molecule has 1 N–H and O–H groups in total. The summed E-state index contributed by atoms with van der Waals surface area (Å²) in [5.74, 6) is -1.75. The van der Waals surface area contributed by atoms with Gasteiger partial charge in [-0.15, -0.1) is 0 Å². The standard InChI is InChI=1S/C17H20F3NO4/c18-17(19,20)13-6-1-2-7-14(13)25-11-15(22)21-10-4-3-5-12(21)8-9-16(23)24/h1-2,6-7,12H,3-5,8-11H2,(H,23,24). The number of rotatable bonds is 6. The number of likely N-dealkylation sites (tertiary alicyclic amines) is 1. The second-order valence-corrected chi connectivity index (χ2v) is 5.95. The first-order chi connectivity index (χ1) is 11.8. The first-order valence-electron chi connectivity index (χ1n) is 8.09. The third-order valence-corrected chi connectivity index (χ3v) is 4.18. The summed E-state index contributed by atoms with van der Waals surface area (Å²) >= 11 is 0. The van der Waals surface area contributed by atoms with Crippen LogP contribution < -0.4 is 4.74 Å². The topological polar surface area (TPSA) is 66.8 Å². The van der Waals surface area contributed by atoms with Crippen LogP contribution >= 0.6 is 0 Å². The van der Waals surface area contributed by atoms with Crippen molar-refractivity contribution in [3.8, 4) is 5.75 Å². The monoisotopic (exact) mass is 359 g/mol. The van der Waals surface area contributed by atoms with Crippen molar-refractivity contribution in [2.45, 2.75) is 44.3 Å². The van der Waals surface area contributed by atoms with Crippen molar-refractivity contribution in [3.05, 3.63) is 29.8 Å². The maximum atomic E-state index is 12.9. The molecule has 25 heavy (non-hydrogen) atoms. The SMILES string of the molecule is O=C(O)CCC1CCCCN1C(=O)COc1ccccc1C(F)(F)F. The Morgan fingerprint density at radius 3 is 2.64 bits per heavy atom. The first kappa shape index (κ1) is 19.1. The van der Waals surface area contributed by atoms with Crippen LogP contribution in [-0.2, 0) is 15.8 Å². The van der Waals surface area contributed by atoms with Gasteiger partial charge in [0, 0.05) is 19.0 Å². The number of alkyl halides is 3. The van der Waals surface area contributed by atoms with Crippen molar-refractivity contribution < 1.29 is 32.6 Å². The molecule has 1 aliphatic rings. The van der Waals surface area contributed by atoms with Crippen molar-refractivity contribution in [2.24, 2.45) is 0 Å². The summed E-state index contributed by atoms with van der Waals surface area (Å²) in [6, 6.07) is 4.53. The maximum absolute atomic E-state index is 12.9. The van der Waals surface area contributed by atoms with Crippen LogP contribution in [-0.4, -0.2) is 41.1 Å². The van der Waals surface area contributed by atoms with Gasteiger partial charge < -0.3 is 14.7 Å². The lowest BCUT2D eigenvalue weighted by Gasteiger charge is -2.35. The number of hydrogen-bond acceptors (Lipinski definition) is 3. The van der Waals surface area contributed by atoms with Gasteiger partial charge in [-0.3, -0.25) is 9.59 Å². The van der Waals surface area contributed by atoms with Gasteiger partial charge >= 0.3 is 12.1 Å². The molecule has 1 saturated heterocycles. The molecule has 2 rings (SSSR count). The summed E-state index contributed by atoms with van der Waals surface area (Å²) < 4.78 is 43.9.